The predicted octanol–water partition coefficient (Wildman–Crippen LogP) is 6.26. The summed E-state index contributed by atoms with van der Waals surface area (Å²) in [5.41, 5.74) is 2.59. The third kappa shape index (κ3) is 6.00. The molecule has 10 heteroatoms. The Bertz CT molecular complexity index is 1520. The van der Waals surface area contributed by atoms with Gasteiger partial charge in [0.2, 0.25) is 0 Å². The Morgan fingerprint density at radius 3 is 2.41 bits per heavy atom. The van der Waals surface area contributed by atoms with Gasteiger partial charge in [-0.05, 0) is 42.2 Å². The van der Waals surface area contributed by atoms with E-state index in [1.807, 2.05) is 59.3 Å². The molecule has 2 aromatic carbocycles. The van der Waals surface area contributed by atoms with Gasteiger partial charge in [0.25, 0.3) is 5.91 Å². The number of amides is 1. The number of carbonyl (C=O) groups is 1. The van der Waals surface area contributed by atoms with Crippen molar-refractivity contribution < 1.29 is 14.0 Å². The van der Waals surface area contributed by atoms with Gasteiger partial charge < -0.3 is 14.5 Å². The predicted molar refractivity (Wildman–Crippen MR) is 164 cm³/mol. The van der Waals surface area contributed by atoms with Crippen LogP contribution >= 0.6 is 0 Å². The Kier molecular flexibility index (Phi) is 8.17. The molecule has 41 heavy (non-hydrogen) atoms. The van der Waals surface area contributed by atoms with Gasteiger partial charge in [-0.3, -0.25) is 14.4 Å². The zero-order valence-electron chi connectivity index (χ0n) is 24.5. The number of nitrogens with zero attached hydrogens (tertiary/aromatic N) is 5. The molecule has 9 nitrogen and oxygen atoms in total. The quantitative estimate of drug-likeness (QED) is 0.198. The molecule has 1 fully saturated rings. The molecular weight excluding hydrogens is 532 g/mol. The maximum Gasteiger partial charge on any atom is 0.256 e. The van der Waals surface area contributed by atoms with Crippen LogP contribution in [0.3, 0.4) is 0 Å². The molecule has 1 aliphatic heterocycles. The lowest BCUT2D eigenvalue weighted by Gasteiger charge is -2.40. The van der Waals surface area contributed by atoms with Crippen molar-refractivity contribution in [2.45, 2.75) is 76.7 Å². The van der Waals surface area contributed by atoms with E-state index in [1.165, 1.54) is 6.33 Å². The van der Waals surface area contributed by atoms with Crippen molar-refractivity contribution in [3.63, 3.8) is 0 Å². The van der Waals surface area contributed by atoms with E-state index >= 15 is 0 Å². The monoisotopic (exact) mass is 570 g/mol. The molecule has 1 aliphatic rings. The summed E-state index contributed by atoms with van der Waals surface area (Å²) < 4.78 is 15.7. The summed E-state index contributed by atoms with van der Waals surface area (Å²) in [4.78, 5) is 31.4. The fraction of sp³-hybridized carbons (Fsp3) is 0.387. The smallest absolute Gasteiger partial charge is 0.256 e. The molecule has 5 rings (SSSR count). The van der Waals surface area contributed by atoms with Crippen LogP contribution in [0.1, 0.15) is 56.3 Å². The second-order valence-electron chi connectivity index (χ2n) is 11.9. The molecule has 4 atom stereocenters. The fourth-order valence-electron chi connectivity index (χ4n) is 4.71. The van der Waals surface area contributed by atoms with Crippen LogP contribution in [0, 0.1) is 0 Å². The first-order valence-corrected chi connectivity index (χ1v) is 17.0. The largest absolute Gasteiger partial charge is 0.407 e. The molecule has 3 heterocycles. The molecule has 4 aromatic rings. The molecule has 0 radical (unpaired) electrons. The van der Waals surface area contributed by atoms with Crippen LogP contribution < -0.4 is 5.32 Å². The number of nitrogens with one attached hydrogen (secondary N) is 1. The summed E-state index contributed by atoms with van der Waals surface area (Å²) in [6.07, 6.45) is 4.77. The van der Waals surface area contributed by atoms with Gasteiger partial charge in [0, 0.05) is 11.8 Å². The molecule has 0 spiro atoms. The van der Waals surface area contributed by atoms with Crippen LogP contribution in [0.15, 0.2) is 78.3 Å². The highest BCUT2D eigenvalue weighted by Crippen LogP contribution is 2.43. The number of rotatable bonds is 8. The van der Waals surface area contributed by atoms with Gasteiger partial charge in [0.15, 0.2) is 31.5 Å². The number of imidazole rings is 1. The minimum Gasteiger partial charge on any atom is -0.407 e. The highest BCUT2D eigenvalue weighted by atomic mass is 28.4. The number of benzene rings is 2. The van der Waals surface area contributed by atoms with Crippen molar-refractivity contribution in [2.75, 3.05) is 5.32 Å². The Morgan fingerprint density at radius 2 is 1.76 bits per heavy atom. The Morgan fingerprint density at radius 1 is 1.07 bits per heavy atom. The van der Waals surface area contributed by atoms with E-state index in [0.29, 0.717) is 22.5 Å². The normalized spacial score (nSPS) is 21.5. The van der Waals surface area contributed by atoms with E-state index in [2.05, 4.69) is 61.1 Å². The summed E-state index contributed by atoms with van der Waals surface area (Å²) in [7, 11) is -2.23. The number of hydrogen-bond donors (Lipinski definition) is 1. The summed E-state index contributed by atoms with van der Waals surface area (Å²) in [5, 5.41) is 2.88. The molecule has 1 N–H and O–H groups in total. The molecule has 214 valence electrons. The van der Waals surface area contributed by atoms with Gasteiger partial charge in [0.1, 0.15) is 18.5 Å². The maximum absolute atomic E-state index is 12.9. The van der Waals surface area contributed by atoms with Gasteiger partial charge in [-0.25, -0.2) is 15.0 Å². The van der Waals surface area contributed by atoms with Crippen molar-refractivity contribution in [3.8, 4) is 0 Å². The highest BCUT2D eigenvalue weighted by molar-refractivity contribution is 6.74. The average molecular weight is 571 g/mol. The minimum atomic E-state index is -2.23. The molecule has 1 saturated heterocycles. The number of aliphatic imine (C=N–C) groups is 1. The topological polar surface area (TPSA) is 104 Å². The van der Waals surface area contributed by atoms with E-state index in [9.17, 15) is 4.79 Å². The number of hydrogen-bond acceptors (Lipinski definition) is 7. The minimum absolute atomic E-state index is 0.0103. The Hall–Kier alpha value is -3.73. The fourth-order valence-corrected chi connectivity index (χ4v) is 6.00. The van der Waals surface area contributed by atoms with Gasteiger partial charge >= 0.3 is 0 Å². The number of carbonyl (C=O) groups excluding carboxylic acids is 1. The van der Waals surface area contributed by atoms with E-state index in [-0.39, 0.29) is 29.2 Å². The van der Waals surface area contributed by atoms with E-state index in [4.69, 9.17) is 14.2 Å². The zero-order chi connectivity index (χ0) is 29.2. The van der Waals surface area contributed by atoms with Crippen molar-refractivity contribution in [3.05, 3.63) is 84.4 Å². The second kappa shape index (κ2) is 11.6. The summed E-state index contributed by atoms with van der Waals surface area (Å²) in [6.45, 7) is 13.3. The first-order valence-electron chi connectivity index (χ1n) is 14.0. The summed E-state index contributed by atoms with van der Waals surface area (Å²) in [6, 6.07) is 18.9. The average Bonchev–Trinajstić information content (AvgIpc) is 3.53. The van der Waals surface area contributed by atoms with Crippen LogP contribution in [0.25, 0.3) is 11.2 Å². The van der Waals surface area contributed by atoms with E-state index < -0.39 is 14.5 Å². The summed E-state index contributed by atoms with van der Waals surface area (Å²) >= 11 is 0. The van der Waals surface area contributed by atoms with Crippen molar-refractivity contribution in [2.24, 2.45) is 4.99 Å². The molecule has 1 amide bonds. The summed E-state index contributed by atoms with van der Waals surface area (Å²) in [5.74, 6) is 0.0749. The van der Waals surface area contributed by atoms with Crippen molar-refractivity contribution in [1.29, 1.82) is 0 Å². The second-order valence-corrected chi connectivity index (χ2v) is 16.6. The van der Waals surface area contributed by atoms with Crippen LogP contribution in [0.2, 0.25) is 18.1 Å². The standard InChI is InChI=1S/C31H38N6O3Si/c1-7-23-24(32-18-21-14-10-8-11-15-21)26(40-41(5,6)31(2,3)4)30(39-23)37-20-35-25-27(33-19-34-28(25)37)36-29(38)22-16-12-9-13-17-22/h8-20,23-24,26,30H,7H2,1-6H3,(H,33,34,36,38)/t23-,24-,26-,30-/m1/s1. The number of ether oxygens (including phenoxy) is 1. The third-order valence-electron chi connectivity index (χ3n) is 8.05. The lowest BCUT2D eigenvalue weighted by atomic mass is 10.1. The van der Waals surface area contributed by atoms with Crippen LogP contribution in [-0.2, 0) is 9.16 Å². The van der Waals surface area contributed by atoms with Gasteiger partial charge in [-0.2, -0.15) is 0 Å². The third-order valence-corrected chi connectivity index (χ3v) is 12.5. The first-order chi connectivity index (χ1) is 19.6. The first kappa shape index (κ1) is 28.8. The van der Waals surface area contributed by atoms with E-state index in [0.717, 1.165) is 12.0 Å². The Balaban J connectivity index is 1.52. The van der Waals surface area contributed by atoms with Crippen LogP contribution in [-0.4, -0.2) is 58.2 Å². The van der Waals surface area contributed by atoms with Crippen LogP contribution in [0.5, 0.6) is 0 Å². The maximum atomic E-state index is 12.9. The molecular formula is C31H38N6O3Si. The molecule has 0 saturated carbocycles. The molecule has 0 aliphatic carbocycles. The number of fused-ring (bicyclic) bond motifs is 1. The van der Waals surface area contributed by atoms with Gasteiger partial charge in [-0.15, -0.1) is 0 Å². The van der Waals surface area contributed by atoms with Crippen molar-refractivity contribution in [1.82, 2.24) is 19.5 Å². The number of anilines is 1. The lowest BCUT2D eigenvalue weighted by molar-refractivity contribution is -0.0321. The van der Waals surface area contributed by atoms with Crippen molar-refractivity contribution >= 4 is 37.4 Å². The highest BCUT2D eigenvalue weighted by Gasteiger charge is 2.50. The zero-order valence-corrected chi connectivity index (χ0v) is 25.5. The number of aromatic nitrogens is 4. The molecule has 2 aromatic heterocycles. The molecule has 0 bridgehead atoms. The lowest BCUT2D eigenvalue weighted by Crippen LogP contribution is -2.48. The van der Waals surface area contributed by atoms with Crippen LogP contribution in [0.4, 0.5) is 5.82 Å². The molecule has 0 unspecified atom stereocenters. The van der Waals surface area contributed by atoms with Gasteiger partial charge in [0.05, 0.1) is 12.4 Å². The van der Waals surface area contributed by atoms with Gasteiger partial charge in [-0.1, -0.05) is 76.2 Å². The SMILES string of the molecule is CC[C@H]1O[C@@H](n2cnc3c(NC(=O)c4ccccc4)ncnc32)[C@H](O[Si](C)(C)C(C)(C)C)[C@@H]1N=Cc1ccccc1. The van der Waals surface area contributed by atoms with E-state index in [1.54, 1.807) is 18.5 Å². The Labute approximate surface area is 242 Å².